The van der Waals surface area contributed by atoms with E-state index in [0.717, 1.165) is 28.6 Å². The van der Waals surface area contributed by atoms with Crippen molar-refractivity contribution >= 4 is 15.9 Å². The monoisotopic (exact) mass is 313 g/mol. The smallest absolute Gasteiger partial charge is 0.124 e. The molecule has 100 valence electrons. The van der Waals surface area contributed by atoms with Gasteiger partial charge in [-0.15, -0.1) is 0 Å². The zero-order chi connectivity index (χ0) is 13.1. The van der Waals surface area contributed by atoms with E-state index >= 15 is 0 Å². The Morgan fingerprint density at radius 2 is 2.22 bits per heavy atom. The third-order valence-electron chi connectivity index (χ3n) is 3.63. The van der Waals surface area contributed by atoms with Gasteiger partial charge in [-0.2, -0.15) is 0 Å². The Hall–Kier alpha value is -0.580. The lowest BCUT2D eigenvalue weighted by Gasteiger charge is -2.34. The molecule has 2 rings (SSSR count). The van der Waals surface area contributed by atoms with Gasteiger partial charge in [-0.1, -0.05) is 22.4 Å². The molecule has 0 aliphatic heterocycles. The average molecular weight is 314 g/mol. The molecular formula is C14H20BrNO2. The highest BCUT2D eigenvalue weighted by Gasteiger charge is 2.32. The minimum Gasteiger partial charge on any atom is -0.494 e. The molecule has 1 saturated carbocycles. The van der Waals surface area contributed by atoms with Crippen LogP contribution in [-0.2, 0) is 0 Å². The second kappa shape index (κ2) is 6.04. The molecule has 1 aliphatic rings. The molecule has 1 aromatic carbocycles. The fourth-order valence-corrected chi connectivity index (χ4v) is 2.70. The number of hydrogen-bond acceptors (Lipinski definition) is 3. The normalized spacial score (nSPS) is 19.1. The molecule has 3 nitrogen and oxygen atoms in total. The molecule has 0 bridgehead atoms. The van der Waals surface area contributed by atoms with Crippen LogP contribution in [0.5, 0.6) is 5.75 Å². The van der Waals surface area contributed by atoms with E-state index in [2.05, 4.69) is 15.9 Å². The molecule has 4 heteroatoms. The van der Waals surface area contributed by atoms with E-state index in [1.165, 1.54) is 6.42 Å². The minimum absolute atomic E-state index is 0.341. The van der Waals surface area contributed by atoms with Gasteiger partial charge in [0.2, 0.25) is 0 Å². The first kappa shape index (κ1) is 13.8. The number of ether oxygens (including phenoxy) is 1. The van der Waals surface area contributed by atoms with Gasteiger partial charge in [-0.25, -0.2) is 0 Å². The lowest BCUT2D eigenvalue weighted by atomic mass is 9.77. The highest BCUT2D eigenvalue weighted by Crippen LogP contribution is 2.37. The second-order valence-electron chi connectivity index (χ2n) is 4.82. The van der Waals surface area contributed by atoms with Gasteiger partial charge in [0.25, 0.3) is 0 Å². The third kappa shape index (κ3) is 2.87. The summed E-state index contributed by atoms with van der Waals surface area (Å²) < 4.78 is 6.54. The molecule has 0 unspecified atom stereocenters. The fraction of sp³-hybridized carbons (Fsp3) is 0.571. The van der Waals surface area contributed by atoms with E-state index in [4.69, 9.17) is 10.5 Å². The molecule has 2 atom stereocenters. The van der Waals surface area contributed by atoms with Crippen molar-refractivity contribution in [1.29, 1.82) is 0 Å². The number of rotatable bonds is 5. The first-order chi connectivity index (χ1) is 8.63. The van der Waals surface area contributed by atoms with Gasteiger partial charge in [-0.05, 0) is 43.9 Å². The molecule has 0 radical (unpaired) electrons. The molecule has 0 saturated heterocycles. The van der Waals surface area contributed by atoms with Crippen molar-refractivity contribution in [1.82, 2.24) is 0 Å². The number of benzene rings is 1. The maximum absolute atomic E-state index is 10.3. The maximum Gasteiger partial charge on any atom is 0.124 e. The molecule has 0 heterocycles. The largest absolute Gasteiger partial charge is 0.494 e. The van der Waals surface area contributed by atoms with Crippen LogP contribution in [0.4, 0.5) is 0 Å². The van der Waals surface area contributed by atoms with Gasteiger partial charge in [0.05, 0.1) is 18.8 Å². The number of hydrogen-bond donors (Lipinski definition) is 2. The summed E-state index contributed by atoms with van der Waals surface area (Å²) in [4.78, 5) is 0. The Balaban J connectivity index is 2.21. The molecule has 0 aromatic heterocycles. The maximum atomic E-state index is 10.3. The van der Waals surface area contributed by atoms with E-state index in [0.29, 0.717) is 12.5 Å². The Labute approximate surface area is 116 Å². The highest BCUT2D eigenvalue weighted by molar-refractivity contribution is 9.10. The fourth-order valence-electron chi connectivity index (χ4n) is 2.33. The number of aliphatic hydroxyl groups excluding tert-OH is 1. The van der Waals surface area contributed by atoms with Crippen LogP contribution >= 0.6 is 15.9 Å². The minimum atomic E-state index is -0.479. The lowest BCUT2D eigenvalue weighted by molar-refractivity contribution is 0.0406. The first-order valence-electron chi connectivity index (χ1n) is 6.49. The van der Waals surface area contributed by atoms with Crippen molar-refractivity contribution in [2.24, 2.45) is 11.7 Å². The van der Waals surface area contributed by atoms with Gasteiger partial charge < -0.3 is 15.6 Å². The summed E-state index contributed by atoms with van der Waals surface area (Å²) in [6.07, 6.45) is 2.87. The Morgan fingerprint density at radius 1 is 1.50 bits per heavy atom. The van der Waals surface area contributed by atoms with Crippen molar-refractivity contribution in [3.8, 4) is 5.75 Å². The van der Waals surface area contributed by atoms with Crippen LogP contribution in [0, 0.1) is 5.92 Å². The summed E-state index contributed by atoms with van der Waals surface area (Å²) >= 11 is 3.44. The van der Waals surface area contributed by atoms with E-state index in [1.54, 1.807) is 0 Å². The quantitative estimate of drug-likeness (QED) is 0.878. The van der Waals surface area contributed by atoms with Crippen LogP contribution in [0.3, 0.4) is 0 Å². The van der Waals surface area contributed by atoms with Gasteiger partial charge in [0.1, 0.15) is 5.75 Å². The summed E-state index contributed by atoms with van der Waals surface area (Å²) in [5.74, 6) is 1.11. The zero-order valence-electron chi connectivity index (χ0n) is 10.6. The molecule has 1 fully saturated rings. The average Bonchev–Trinajstić information content (AvgIpc) is 2.28. The SMILES string of the molecule is CCOc1ccc(Br)cc1[C@H](N)[C@H](O)C1CCC1. The van der Waals surface area contributed by atoms with E-state index in [9.17, 15) is 5.11 Å². The lowest BCUT2D eigenvalue weighted by Crippen LogP contribution is -2.36. The Morgan fingerprint density at radius 3 is 2.78 bits per heavy atom. The topological polar surface area (TPSA) is 55.5 Å². The molecule has 1 aromatic rings. The van der Waals surface area contributed by atoms with Crippen molar-refractivity contribution in [3.63, 3.8) is 0 Å². The molecule has 1 aliphatic carbocycles. The highest BCUT2D eigenvalue weighted by atomic mass is 79.9. The van der Waals surface area contributed by atoms with Gasteiger partial charge >= 0.3 is 0 Å². The van der Waals surface area contributed by atoms with E-state index in [-0.39, 0.29) is 6.04 Å². The summed E-state index contributed by atoms with van der Waals surface area (Å²) in [5.41, 5.74) is 7.08. The van der Waals surface area contributed by atoms with Crippen molar-refractivity contribution in [2.45, 2.75) is 38.3 Å². The summed E-state index contributed by atoms with van der Waals surface area (Å²) in [7, 11) is 0. The van der Waals surface area contributed by atoms with Gasteiger partial charge in [-0.3, -0.25) is 0 Å². The predicted octanol–water partition coefficient (Wildman–Crippen LogP) is 3.01. The standard InChI is InChI=1S/C14H20BrNO2/c1-2-18-12-7-6-10(15)8-11(12)13(16)14(17)9-4-3-5-9/h6-9,13-14,17H,2-5,16H2,1H3/t13-,14+/m0/s1. The molecule has 0 spiro atoms. The van der Waals surface area contributed by atoms with Crippen LogP contribution < -0.4 is 10.5 Å². The van der Waals surface area contributed by atoms with Crippen LogP contribution in [0.1, 0.15) is 37.8 Å². The summed E-state index contributed by atoms with van der Waals surface area (Å²) in [6.45, 7) is 2.54. The van der Waals surface area contributed by atoms with Crippen LogP contribution in [0.25, 0.3) is 0 Å². The van der Waals surface area contributed by atoms with Crippen LogP contribution in [0.15, 0.2) is 22.7 Å². The number of halogens is 1. The summed E-state index contributed by atoms with van der Waals surface area (Å²) in [6, 6.07) is 5.39. The van der Waals surface area contributed by atoms with Crippen molar-refractivity contribution < 1.29 is 9.84 Å². The molecular weight excluding hydrogens is 294 g/mol. The number of aliphatic hydroxyl groups is 1. The third-order valence-corrected chi connectivity index (χ3v) is 4.12. The number of nitrogens with two attached hydrogens (primary N) is 1. The molecule has 18 heavy (non-hydrogen) atoms. The Bertz CT molecular complexity index is 407. The first-order valence-corrected chi connectivity index (χ1v) is 7.28. The van der Waals surface area contributed by atoms with Gasteiger partial charge in [0.15, 0.2) is 0 Å². The van der Waals surface area contributed by atoms with Crippen LogP contribution in [-0.4, -0.2) is 17.8 Å². The second-order valence-corrected chi connectivity index (χ2v) is 5.74. The van der Waals surface area contributed by atoms with Crippen LogP contribution in [0.2, 0.25) is 0 Å². The zero-order valence-corrected chi connectivity index (χ0v) is 12.2. The predicted molar refractivity (Wildman–Crippen MR) is 75.6 cm³/mol. The van der Waals surface area contributed by atoms with E-state index in [1.807, 2.05) is 25.1 Å². The Kier molecular flexibility index (Phi) is 4.65. The summed E-state index contributed by atoms with van der Waals surface area (Å²) in [5, 5.41) is 10.3. The van der Waals surface area contributed by atoms with Crippen molar-refractivity contribution in [3.05, 3.63) is 28.2 Å². The molecule has 3 N–H and O–H groups in total. The van der Waals surface area contributed by atoms with Gasteiger partial charge in [0, 0.05) is 10.0 Å². The van der Waals surface area contributed by atoms with E-state index < -0.39 is 6.10 Å². The molecule has 0 amide bonds. The van der Waals surface area contributed by atoms with Crippen molar-refractivity contribution in [2.75, 3.05) is 6.61 Å².